The van der Waals surface area contributed by atoms with E-state index in [0.29, 0.717) is 12.2 Å². The smallest absolute Gasteiger partial charge is 0.340 e. The average molecular weight is 349 g/mol. The first-order chi connectivity index (χ1) is 12.7. The molecule has 5 nitrogen and oxygen atoms in total. The van der Waals surface area contributed by atoms with Crippen LogP contribution >= 0.6 is 0 Å². The van der Waals surface area contributed by atoms with E-state index >= 15 is 0 Å². The standard InChI is InChI=1S/C21H23N3O2/c1-3-26-21(25)19-13-22-12-18(19)20-17(10-7-11-23-20)15-24(2)14-16-8-5-4-6-9-16/h4-13,22H,3,14-15H2,1-2H3. The first-order valence-electron chi connectivity index (χ1n) is 8.69. The Morgan fingerprint density at radius 3 is 2.69 bits per heavy atom. The summed E-state index contributed by atoms with van der Waals surface area (Å²) in [7, 11) is 2.08. The zero-order valence-corrected chi connectivity index (χ0v) is 15.1. The Labute approximate surface area is 153 Å². The Morgan fingerprint density at radius 1 is 1.12 bits per heavy atom. The van der Waals surface area contributed by atoms with Crippen molar-refractivity contribution in [2.45, 2.75) is 20.0 Å². The van der Waals surface area contributed by atoms with Crippen LogP contribution in [0.5, 0.6) is 0 Å². The van der Waals surface area contributed by atoms with E-state index in [1.54, 1.807) is 25.5 Å². The molecule has 3 rings (SSSR count). The van der Waals surface area contributed by atoms with Crippen LogP contribution in [0.2, 0.25) is 0 Å². The van der Waals surface area contributed by atoms with E-state index in [1.165, 1.54) is 5.56 Å². The molecule has 1 N–H and O–H groups in total. The van der Waals surface area contributed by atoms with Gasteiger partial charge in [-0.1, -0.05) is 36.4 Å². The fourth-order valence-corrected chi connectivity index (χ4v) is 2.99. The summed E-state index contributed by atoms with van der Waals surface area (Å²) in [5.74, 6) is -0.335. The molecule has 0 spiro atoms. The third kappa shape index (κ3) is 4.18. The molecule has 1 aromatic carbocycles. The molecule has 0 unspecified atom stereocenters. The minimum Gasteiger partial charge on any atom is -0.462 e. The summed E-state index contributed by atoms with van der Waals surface area (Å²) >= 11 is 0. The van der Waals surface area contributed by atoms with Crippen molar-refractivity contribution in [3.63, 3.8) is 0 Å². The van der Waals surface area contributed by atoms with E-state index in [1.807, 2.05) is 30.3 Å². The van der Waals surface area contributed by atoms with E-state index < -0.39 is 0 Å². The lowest BCUT2D eigenvalue weighted by Gasteiger charge is -2.18. The van der Waals surface area contributed by atoms with Gasteiger partial charge in [0.1, 0.15) is 0 Å². The van der Waals surface area contributed by atoms with Gasteiger partial charge in [0.2, 0.25) is 0 Å². The molecule has 0 saturated heterocycles. The van der Waals surface area contributed by atoms with Crippen LogP contribution in [-0.2, 0) is 17.8 Å². The summed E-state index contributed by atoms with van der Waals surface area (Å²) in [5.41, 5.74) is 4.41. The normalized spacial score (nSPS) is 10.9. The highest BCUT2D eigenvalue weighted by molar-refractivity contribution is 5.97. The number of esters is 1. The number of rotatable bonds is 7. The average Bonchev–Trinajstić information content (AvgIpc) is 3.13. The molecule has 0 aliphatic carbocycles. The van der Waals surface area contributed by atoms with Crippen molar-refractivity contribution in [3.05, 3.63) is 77.7 Å². The molecule has 0 aliphatic heterocycles. The number of carbonyl (C=O) groups is 1. The zero-order chi connectivity index (χ0) is 18.4. The van der Waals surface area contributed by atoms with E-state index in [9.17, 15) is 4.79 Å². The van der Waals surface area contributed by atoms with Crippen molar-refractivity contribution in [3.8, 4) is 11.3 Å². The van der Waals surface area contributed by atoms with Crippen LogP contribution in [-0.4, -0.2) is 34.5 Å². The molecule has 0 fully saturated rings. The van der Waals surface area contributed by atoms with Crippen molar-refractivity contribution in [2.24, 2.45) is 0 Å². The van der Waals surface area contributed by atoms with Gasteiger partial charge in [0.25, 0.3) is 0 Å². The number of H-pyrrole nitrogens is 1. The number of ether oxygens (including phenoxy) is 1. The Hall–Kier alpha value is -2.92. The topological polar surface area (TPSA) is 58.2 Å². The lowest BCUT2D eigenvalue weighted by atomic mass is 10.0. The molecule has 134 valence electrons. The predicted octanol–water partition coefficient (Wildman–Crippen LogP) is 3.89. The van der Waals surface area contributed by atoms with Gasteiger partial charge in [-0.25, -0.2) is 4.79 Å². The van der Waals surface area contributed by atoms with Gasteiger partial charge < -0.3 is 9.72 Å². The molecule has 2 aromatic heterocycles. The van der Waals surface area contributed by atoms with Crippen LogP contribution in [0.1, 0.15) is 28.4 Å². The second kappa shape index (κ2) is 8.45. The van der Waals surface area contributed by atoms with Gasteiger partial charge in [0.05, 0.1) is 17.9 Å². The van der Waals surface area contributed by atoms with Crippen LogP contribution in [0.15, 0.2) is 61.1 Å². The number of aromatic nitrogens is 2. The number of hydrogen-bond acceptors (Lipinski definition) is 4. The number of carbonyl (C=O) groups excluding carboxylic acids is 1. The van der Waals surface area contributed by atoms with E-state index in [0.717, 1.165) is 29.9 Å². The Balaban J connectivity index is 1.83. The molecular formula is C21H23N3O2. The molecule has 0 aliphatic rings. The van der Waals surface area contributed by atoms with Crippen molar-refractivity contribution in [1.29, 1.82) is 0 Å². The van der Waals surface area contributed by atoms with Crippen molar-refractivity contribution in [1.82, 2.24) is 14.9 Å². The van der Waals surface area contributed by atoms with Crippen LogP contribution in [0.25, 0.3) is 11.3 Å². The summed E-state index contributed by atoms with van der Waals surface area (Å²) in [6.45, 7) is 3.71. The van der Waals surface area contributed by atoms with Crippen LogP contribution < -0.4 is 0 Å². The minimum atomic E-state index is -0.335. The van der Waals surface area contributed by atoms with Crippen LogP contribution in [0.3, 0.4) is 0 Å². The van der Waals surface area contributed by atoms with Gasteiger partial charge in [0, 0.05) is 37.2 Å². The third-order valence-corrected chi connectivity index (χ3v) is 4.12. The van der Waals surface area contributed by atoms with Gasteiger partial charge in [0.15, 0.2) is 0 Å². The largest absolute Gasteiger partial charge is 0.462 e. The molecule has 0 amide bonds. The second-order valence-corrected chi connectivity index (χ2v) is 6.17. The zero-order valence-electron chi connectivity index (χ0n) is 15.1. The van der Waals surface area contributed by atoms with E-state index in [4.69, 9.17) is 4.74 Å². The summed E-state index contributed by atoms with van der Waals surface area (Å²) in [6, 6.07) is 14.3. The predicted molar refractivity (Wildman–Crippen MR) is 102 cm³/mol. The monoisotopic (exact) mass is 349 g/mol. The maximum Gasteiger partial charge on any atom is 0.340 e. The van der Waals surface area contributed by atoms with Gasteiger partial charge >= 0.3 is 5.97 Å². The molecule has 0 atom stereocenters. The number of aromatic amines is 1. The molecule has 5 heteroatoms. The number of nitrogens with zero attached hydrogens (tertiary/aromatic N) is 2. The van der Waals surface area contributed by atoms with Gasteiger partial charge in [-0.05, 0) is 31.2 Å². The van der Waals surface area contributed by atoms with Gasteiger partial charge in [-0.3, -0.25) is 9.88 Å². The maximum atomic E-state index is 12.2. The summed E-state index contributed by atoms with van der Waals surface area (Å²) in [5, 5.41) is 0. The number of nitrogens with one attached hydrogen (secondary N) is 1. The summed E-state index contributed by atoms with van der Waals surface area (Å²) in [4.78, 5) is 22.0. The first-order valence-corrected chi connectivity index (χ1v) is 8.69. The van der Waals surface area contributed by atoms with Crippen LogP contribution in [0, 0.1) is 0 Å². The van der Waals surface area contributed by atoms with E-state index in [-0.39, 0.29) is 5.97 Å². The highest BCUT2D eigenvalue weighted by atomic mass is 16.5. The molecule has 0 radical (unpaired) electrons. The van der Waals surface area contributed by atoms with Crippen molar-refractivity contribution < 1.29 is 9.53 Å². The van der Waals surface area contributed by atoms with Gasteiger partial charge in [-0.15, -0.1) is 0 Å². The SMILES string of the molecule is CCOC(=O)c1c[nH]cc1-c1ncccc1CN(C)Cc1ccccc1. The summed E-state index contributed by atoms with van der Waals surface area (Å²) < 4.78 is 5.15. The lowest BCUT2D eigenvalue weighted by molar-refractivity contribution is 0.0527. The van der Waals surface area contributed by atoms with Crippen molar-refractivity contribution >= 4 is 5.97 Å². The molecular weight excluding hydrogens is 326 g/mol. The number of pyridine rings is 1. The molecule has 0 saturated carbocycles. The summed E-state index contributed by atoms with van der Waals surface area (Å²) in [6.07, 6.45) is 5.21. The third-order valence-electron chi connectivity index (χ3n) is 4.12. The second-order valence-electron chi connectivity index (χ2n) is 6.17. The number of hydrogen-bond donors (Lipinski definition) is 1. The van der Waals surface area contributed by atoms with Crippen molar-refractivity contribution in [2.75, 3.05) is 13.7 Å². The van der Waals surface area contributed by atoms with Crippen LogP contribution in [0.4, 0.5) is 0 Å². The molecule has 26 heavy (non-hydrogen) atoms. The molecule has 0 bridgehead atoms. The molecule has 2 heterocycles. The fourth-order valence-electron chi connectivity index (χ4n) is 2.99. The maximum absolute atomic E-state index is 12.2. The van der Waals surface area contributed by atoms with Gasteiger partial charge in [-0.2, -0.15) is 0 Å². The Bertz CT molecular complexity index is 858. The number of benzene rings is 1. The first kappa shape index (κ1) is 17.9. The van der Waals surface area contributed by atoms with E-state index in [2.05, 4.69) is 34.0 Å². The highest BCUT2D eigenvalue weighted by Crippen LogP contribution is 2.26. The Morgan fingerprint density at radius 2 is 1.92 bits per heavy atom. The highest BCUT2D eigenvalue weighted by Gasteiger charge is 2.18. The quantitative estimate of drug-likeness (QED) is 0.658. The minimum absolute atomic E-state index is 0.335. The molecule has 3 aromatic rings. The lowest BCUT2D eigenvalue weighted by Crippen LogP contribution is -2.18. The fraction of sp³-hybridized carbons (Fsp3) is 0.238. The Kier molecular flexibility index (Phi) is 5.81.